The maximum atomic E-state index is 11.4. The van der Waals surface area contributed by atoms with Crippen molar-refractivity contribution in [2.75, 3.05) is 0 Å². The molecule has 21 heavy (non-hydrogen) atoms. The van der Waals surface area contributed by atoms with Gasteiger partial charge in [-0.3, -0.25) is 0 Å². The fourth-order valence-corrected chi connectivity index (χ4v) is 3.14. The molecule has 2 heterocycles. The van der Waals surface area contributed by atoms with Crippen LogP contribution in [0.2, 0.25) is 0 Å². The number of aromatic carboxylic acids is 1. The Hall–Kier alpha value is -1.99. The zero-order valence-electron chi connectivity index (χ0n) is 10.9. The van der Waals surface area contributed by atoms with Crippen LogP contribution in [0.1, 0.15) is 15.9 Å². The van der Waals surface area contributed by atoms with Crippen molar-refractivity contribution in [1.29, 1.82) is 0 Å². The normalized spacial score (nSPS) is 10.8. The second-order valence-electron chi connectivity index (χ2n) is 4.41. The molecule has 1 aromatic carbocycles. The van der Waals surface area contributed by atoms with Gasteiger partial charge in [0.1, 0.15) is 16.3 Å². The van der Waals surface area contributed by atoms with E-state index in [-0.39, 0.29) is 5.56 Å². The quantitative estimate of drug-likeness (QED) is 0.768. The van der Waals surface area contributed by atoms with Crippen LogP contribution in [-0.2, 0) is 0 Å². The first kappa shape index (κ1) is 14.0. The van der Waals surface area contributed by atoms with Crippen molar-refractivity contribution >= 4 is 33.2 Å². The highest BCUT2D eigenvalue weighted by atomic mass is 79.9. The van der Waals surface area contributed by atoms with E-state index in [1.165, 1.54) is 17.5 Å². The van der Waals surface area contributed by atoms with Gasteiger partial charge >= 0.3 is 5.97 Å². The Kier molecular flexibility index (Phi) is 3.60. The molecule has 0 fully saturated rings. The predicted molar refractivity (Wildman–Crippen MR) is 84.1 cm³/mol. The number of halogens is 1. The number of benzene rings is 1. The summed E-state index contributed by atoms with van der Waals surface area (Å²) in [7, 11) is 0. The summed E-state index contributed by atoms with van der Waals surface area (Å²) in [6, 6.07) is 5.75. The SMILES string of the molecule is Cc1cc(Br)ccc1-n1cc(C(=O)O)c(-c2nccs2)n1. The highest BCUT2D eigenvalue weighted by Gasteiger charge is 2.20. The minimum Gasteiger partial charge on any atom is -0.478 e. The van der Waals surface area contributed by atoms with Crippen molar-refractivity contribution in [2.24, 2.45) is 0 Å². The Morgan fingerprint density at radius 1 is 1.43 bits per heavy atom. The van der Waals surface area contributed by atoms with Crippen LogP contribution in [0.4, 0.5) is 0 Å². The molecule has 2 aromatic heterocycles. The molecule has 0 aliphatic carbocycles. The van der Waals surface area contributed by atoms with Gasteiger partial charge in [0.15, 0.2) is 0 Å². The Bertz CT molecular complexity index is 812. The summed E-state index contributed by atoms with van der Waals surface area (Å²) in [5.41, 5.74) is 2.37. The second-order valence-corrected chi connectivity index (χ2v) is 6.22. The van der Waals surface area contributed by atoms with Gasteiger partial charge in [-0.15, -0.1) is 11.3 Å². The van der Waals surface area contributed by atoms with Crippen LogP contribution in [0.25, 0.3) is 16.4 Å². The van der Waals surface area contributed by atoms with Crippen LogP contribution in [0.15, 0.2) is 40.4 Å². The molecular formula is C14H10BrN3O2S. The summed E-state index contributed by atoms with van der Waals surface area (Å²) in [6.07, 6.45) is 3.16. The summed E-state index contributed by atoms with van der Waals surface area (Å²) >= 11 is 4.78. The molecule has 0 aliphatic rings. The molecule has 0 bridgehead atoms. The first-order chi connectivity index (χ1) is 10.1. The van der Waals surface area contributed by atoms with Gasteiger partial charge in [-0.2, -0.15) is 5.10 Å². The van der Waals surface area contributed by atoms with Crippen molar-refractivity contribution < 1.29 is 9.90 Å². The molecule has 3 rings (SSSR count). The Morgan fingerprint density at radius 2 is 2.24 bits per heavy atom. The van der Waals surface area contributed by atoms with Gasteiger partial charge in [0.2, 0.25) is 0 Å². The number of aryl methyl sites for hydroxylation is 1. The van der Waals surface area contributed by atoms with Gasteiger partial charge in [-0.25, -0.2) is 14.5 Å². The van der Waals surface area contributed by atoms with Gasteiger partial charge in [-0.05, 0) is 30.7 Å². The number of hydrogen-bond acceptors (Lipinski definition) is 4. The van der Waals surface area contributed by atoms with Crippen LogP contribution in [-0.4, -0.2) is 25.8 Å². The average molecular weight is 364 g/mol. The first-order valence-corrected chi connectivity index (χ1v) is 7.73. The van der Waals surface area contributed by atoms with Crippen LogP contribution >= 0.6 is 27.3 Å². The molecule has 7 heteroatoms. The van der Waals surface area contributed by atoms with E-state index in [0.717, 1.165) is 15.7 Å². The standard InChI is InChI=1S/C14H10BrN3O2S/c1-8-6-9(15)2-3-11(8)18-7-10(14(19)20)12(17-18)13-16-4-5-21-13/h2-7H,1H3,(H,19,20). The van der Waals surface area contributed by atoms with Gasteiger partial charge in [-0.1, -0.05) is 15.9 Å². The Balaban J connectivity index is 2.17. The van der Waals surface area contributed by atoms with E-state index in [2.05, 4.69) is 26.0 Å². The lowest BCUT2D eigenvalue weighted by Crippen LogP contribution is -1.98. The Labute approximate surface area is 133 Å². The highest BCUT2D eigenvalue weighted by molar-refractivity contribution is 9.10. The summed E-state index contributed by atoms with van der Waals surface area (Å²) in [4.78, 5) is 15.6. The van der Waals surface area contributed by atoms with Crippen molar-refractivity contribution in [2.45, 2.75) is 6.92 Å². The third-order valence-corrected chi connectivity index (χ3v) is 4.26. The fourth-order valence-electron chi connectivity index (χ4n) is 2.03. The number of carboxylic acids is 1. The maximum absolute atomic E-state index is 11.4. The molecule has 3 aromatic rings. The molecule has 106 valence electrons. The highest BCUT2D eigenvalue weighted by Crippen LogP contribution is 2.27. The number of carbonyl (C=O) groups is 1. The Morgan fingerprint density at radius 3 is 2.86 bits per heavy atom. The average Bonchev–Trinajstić information content (AvgIpc) is 3.07. The molecule has 0 saturated carbocycles. The molecular weight excluding hydrogens is 354 g/mol. The lowest BCUT2D eigenvalue weighted by atomic mass is 10.2. The van der Waals surface area contributed by atoms with Crippen molar-refractivity contribution in [3.8, 4) is 16.4 Å². The summed E-state index contributed by atoms with van der Waals surface area (Å²) < 4.78 is 2.55. The molecule has 0 amide bonds. The first-order valence-electron chi connectivity index (χ1n) is 6.05. The summed E-state index contributed by atoms with van der Waals surface area (Å²) in [5.74, 6) is -1.01. The lowest BCUT2D eigenvalue weighted by Gasteiger charge is -2.05. The molecule has 0 unspecified atom stereocenters. The van der Waals surface area contributed by atoms with Crippen LogP contribution < -0.4 is 0 Å². The van der Waals surface area contributed by atoms with E-state index >= 15 is 0 Å². The number of rotatable bonds is 3. The van der Waals surface area contributed by atoms with Crippen LogP contribution in [0.5, 0.6) is 0 Å². The molecule has 1 N–H and O–H groups in total. The number of nitrogens with zero attached hydrogens (tertiary/aromatic N) is 3. The van der Waals surface area contributed by atoms with E-state index in [1.807, 2.05) is 25.1 Å². The van der Waals surface area contributed by atoms with E-state index in [1.54, 1.807) is 16.3 Å². The molecule has 0 atom stereocenters. The third-order valence-electron chi connectivity index (χ3n) is 2.99. The monoisotopic (exact) mass is 363 g/mol. The number of aromatic nitrogens is 3. The second kappa shape index (κ2) is 5.42. The van der Waals surface area contributed by atoms with Crippen molar-refractivity contribution in [3.05, 3.63) is 51.6 Å². The number of thiazole rings is 1. The fraction of sp³-hybridized carbons (Fsp3) is 0.0714. The third kappa shape index (κ3) is 2.62. The van der Waals surface area contributed by atoms with E-state index in [4.69, 9.17) is 0 Å². The topological polar surface area (TPSA) is 68.0 Å². The largest absolute Gasteiger partial charge is 0.478 e. The summed E-state index contributed by atoms with van der Waals surface area (Å²) in [5, 5.41) is 16.2. The maximum Gasteiger partial charge on any atom is 0.339 e. The van der Waals surface area contributed by atoms with E-state index in [0.29, 0.717) is 10.7 Å². The van der Waals surface area contributed by atoms with Gasteiger partial charge in [0, 0.05) is 22.2 Å². The number of hydrogen-bond donors (Lipinski definition) is 1. The minimum absolute atomic E-state index is 0.146. The minimum atomic E-state index is -1.01. The predicted octanol–water partition coefficient (Wildman–Crippen LogP) is 3.76. The molecule has 0 aliphatic heterocycles. The molecule has 0 radical (unpaired) electrons. The van der Waals surface area contributed by atoms with Crippen molar-refractivity contribution in [1.82, 2.24) is 14.8 Å². The van der Waals surface area contributed by atoms with E-state index in [9.17, 15) is 9.90 Å². The molecule has 0 spiro atoms. The van der Waals surface area contributed by atoms with Gasteiger partial charge < -0.3 is 5.11 Å². The molecule has 5 nitrogen and oxygen atoms in total. The zero-order valence-corrected chi connectivity index (χ0v) is 13.3. The smallest absolute Gasteiger partial charge is 0.339 e. The van der Waals surface area contributed by atoms with Gasteiger partial charge in [0.05, 0.1) is 5.69 Å². The van der Waals surface area contributed by atoms with Crippen LogP contribution in [0, 0.1) is 6.92 Å². The summed E-state index contributed by atoms with van der Waals surface area (Å²) in [6.45, 7) is 1.95. The van der Waals surface area contributed by atoms with Crippen molar-refractivity contribution in [3.63, 3.8) is 0 Å². The zero-order chi connectivity index (χ0) is 15.0. The number of carboxylic acid groups (broad SMARTS) is 1. The van der Waals surface area contributed by atoms with Gasteiger partial charge in [0.25, 0.3) is 0 Å². The van der Waals surface area contributed by atoms with E-state index < -0.39 is 5.97 Å². The van der Waals surface area contributed by atoms with Crippen LogP contribution in [0.3, 0.4) is 0 Å². The molecule has 0 saturated heterocycles. The lowest BCUT2D eigenvalue weighted by molar-refractivity contribution is 0.0697.